The van der Waals surface area contributed by atoms with Crippen molar-refractivity contribution in [2.24, 2.45) is 4.99 Å². The fraction of sp³-hybridized carbons (Fsp3) is 0.0952. The van der Waals surface area contributed by atoms with E-state index in [9.17, 15) is 9.59 Å². The normalized spacial score (nSPS) is 15.3. The van der Waals surface area contributed by atoms with Crippen molar-refractivity contribution >= 4 is 56.6 Å². The Morgan fingerprint density at radius 2 is 2.04 bits per heavy atom. The zero-order valence-corrected chi connectivity index (χ0v) is 14.4. The number of allylic oxidation sites excluding steroid dienone is 1. The minimum Gasteiger partial charge on any atom is -0.416 e. The van der Waals surface area contributed by atoms with Crippen molar-refractivity contribution in [3.05, 3.63) is 52.9 Å². The van der Waals surface area contributed by atoms with E-state index in [2.05, 4.69) is 9.98 Å². The molecule has 6 heteroatoms. The third-order valence-corrected chi connectivity index (χ3v) is 5.53. The van der Waals surface area contributed by atoms with Crippen LogP contribution in [0.5, 0.6) is 0 Å². The van der Waals surface area contributed by atoms with Crippen LogP contribution in [0.3, 0.4) is 0 Å². The van der Waals surface area contributed by atoms with Gasteiger partial charge < -0.3 is 9.82 Å². The van der Waals surface area contributed by atoms with Gasteiger partial charge in [0.15, 0.2) is 5.78 Å². The molecule has 27 heavy (non-hydrogen) atoms. The molecule has 3 heterocycles. The second kappa shape index (κ2) is 4.73. The van der Waals surface area contributed by atoms with E-state index in [4.69, 9.17) is 4.84 Å². The molecule has 0 fully saturated rings. The summed E-state index contributed by atoms with van der Waals surface area (Å²) in [6.07, 6.45) is 7.08. The molecule has 1 aliphatic heterocycles. The van der Waals surface area contributed by atoms with Crippen LogP contribution in [0, 0.1) is 0 Å². The largest absolute Gasteiger partial charge is 0.416 e. The van der Waals surface area contributed by atoms with Gasteiger partial charge in [-0.3, -0.25) is 9.59 Å². The quantitative estimate of drug-likeness (QED) is 0.570. The first-order valence-corrected chi connectivity index (χ1v) is 8.66. The highest BCUT2D eigenvalue weighted by Crippen LogP contribution is 2.42. The van der Waals surface area contributed by atoms with Crippen molar-refractivity contribution < 1.29 is 14.4 Å². The lowest BCUT2D eigenvalue weighted by atomic mass is 9.91. The molecule has 6 nitrogen and oxygen atoms in total. The fourth-order valence-corrected chi connectivity index (χ4v) is 4.47. The van der Waals surface area contributed by atoms with Gasteiger partial charge in [0.25, 0.3) is 5.91 Å². The highest BCUT2D eigenvalue weighted by atomic mass is 16.6. The molecule has 1 N–H and O–H groups in total. The Bertz CT molecular complexity index is 1420. The van der Waals surface area contributed by atoms with E-state index in [0.717, 1.165) is 49.4 Å². The standard InChI is InChI=1S/C21H13N3O3/c1-27-24-15-5-3-11(25)8-13(15)17-18-14(9-23-21(18)26)16-12(20(17)24)4-2-10-6-7-22-19(10)16/h2-7,9,22H,8H2,1H3. The average Bonchev–Trinajstić information content (AvgIpc) is 3.36. The fourth-order valence-electron chi connectivity index (χ4n) is 4.47. The van der Waals surface area contributed by atoms with Gasteiger partial charge >= 0.3 is 0 Å². The van der Waals surface area contributed by atoms with Gasteiger partial charge in [-0.05, 0) is 23.8 Å². The Morgan fingerprint density at radius 3 is 2.89 bits per heavy atom. The Morgan fingerprint density at radius 1 is 1.15 bits per heavy atom. The van der Waals surface area contributed by atoms with Gasteiger partial charge in [-0.1, -0.05) is 12.1 Å². The summed E-state index contributed by atoms with van der Waals surface area (Å²) in [4.78, 5) is 37.8. The Balaban J connectivity index is 1.97. The number of nitrogens with one attached hydrogen (secondary N) is 1. The molecule has 0 atom stereocenters. The van der Waals surface area contributed by atoms with Crippen LogP contribution in [0.25, 0.3) is 38.7 Å². The first-order chi connectivity index (χ1) is 13.2. The minimum atomic E-state index is -0.279. The number of amides is 1. The topological polar surface area (TPSA) is 76.5 Å². The minimum absolute atomic E-state index is 0.0117. The van der Waals surface area contributed by atoms with Gasteiger partial charge in [-0.15, -0.1) is 0 Å². The zero-order chi connectivity index (χ0) is 18.3. The van der Waals surface area contributed by atoms with Crippen LogP contribution in [-0.2, 0) is 11.2 Å². The summed E-state index contributed by atoms with van der Waals surface area (Å²) in [5, 5.41) is 3.72. The average molecular weight is 355 g/mol. The number of aromatic nitrogens is 2. The predicted molar refractivity (Wildman–Crippen MR) is 103 cm³/mol. The molecule has 0 saturated heterocycles. The van der Waals surface area contributed by atoms with Crippen LogP contribution < -0.4 is 4.84 Å². The van der Waals surface area contributed by atoms with Crippen LogP contribution in [0.4, 0.5) is 0 Å². The summed E-state index contributed by atoms with van der Waals surface area (Å²) >= 11 is 0. The van der Waals surface area contributed by atoms with Crippen molar-refractivity contribution in [1.29, 1.82) is 0 Å². The number of ketones is 1. The smallest absolute Gasteiger partial charge is 0.278 e. The molecular formula is C21H13N3O3. The maximum atomic E-state index is 12.7. The van der Waals surface area contributed by atoms with Gasteiger partial charge in [-0.25, -0.2) is 4.99 Å². The molecule has 0 radical (unpaired) electrons. The molecule has 2 aromatic carbocycles. The third-order valence-electron chi connectivity index (χ3n) is 5.53. The lowest BCUT2D eigenvalue weighted by Gasteiger charge is -2.11. The van der Waals surface area contributed by atoms with Crippen molar-refractivity contribution in [3.8, 4) is 0 Å². The number of benzene rings is 2. The summed E-state index contributed by atoms with van der Waals surface area (Å²) in [5.74, 6) is -0.267. The Hall–Kier alpha value is -3.67. The number of carbonyl (C=O) groups excluding carboxylic acids is 2. The summed E-state index contributed by atoms with van der Waals surface area (Å²) in [5.41, 5.74) is 4.73. The lowest BCUT2D eigenvalue weighted by molar-refractivity contribution is -0.114. The van der Waals surface area contributed by atoms with Crippen molar-refractivity contribution in [2.75, 3.05) is 7.11 Å². The zero-order valence-electron chi connectivity index (χ0n) is 14.4. The van der Waals surface area contributed by atoms with Gasteiger partial charge in [0.1, 0.15) is 7.11 Å². The maximum Gasteiger partial charge on any atom is 0.278 e. The third kappa shape index (κ3) is 1.63. The molecule has 6 rings (SSSR count). The number of aromatic amines is 1. The van der Waals surface area contributed by atoms with E-state index in [1.807, 2.05) is 24.4 Å². The summed E-state index contributed by atoms with van der Waals surface area (Å²) in [6.45, 7) is 0. The first-order valence-electron chi connectivity index (χ1n) is 8.66. The maximum absolute atomic E-state index is 12.7. The van der Waals surface area contributed by atoms with E-state index in [-0.39, 0.29) is 18.1 Å². The molecule has 0 spiro atoms. The van der Waals surface area contributed by atoms with Gasteiger partial charge in [-0.2, -0.15) is 4.73 Å². The van der Waals surface area contributed by atoms with E-state index >= 15 is 0 Å². The molecule has 0 unspecified atom stereocenters. The number of fused-ring (bicyclic) bond motifs is 10. The molecule has 130 valence electrons. The van der Waals surface area contributed by atoms with E-state index in [0.29, 0.717) is 5.56 Å². The number of hydrogen-bond donors (Lipinski definition) is 1. The first kappa shape index (κ1) is 14.5. The Labute approximate surface area is 152 Å². The molecule has 4 aromatic rings. The lowest BCUT2D eigenvalue weighted by Crippen LogP contribution is -2.11. The second-order valence-electron chi connectivity index (χ2n) is 6.82. The van der Waals surface area contributed by atoms with Gasteiger partial charge in [0, 0.05) is 45.9 Å². The monoisotopic (exact) mass is 355 g/mol. The number of rotatable bonds is 1. The predicted octanol–water partition coefficient (Wildman–Crippen LogP) is 3.05. The van der Waals surface area contributed by atoms with Crippen LogP contribution in [0.1, 0.15) is 27.2 Å². The summed E-state index contributed by atoms with van der Waals surface area (Å²) in [7, 11) is 1.59. The number of nitrogens with zero attached hydrogens (tertiary/aromatic N) is 2. The number of aliphatic imine (C=N–C) groups is 1. The van der Waals surface area contributed by atoms with Crippen LogP contribution in [-0.4, -0.2) is 34.7 Å². The second-order valence-corrected chi connectivity index (χ2v) is 6.82. The number of carbonyl (C=O) groups is 2. The van der Waals surface area contributed by atoms with Crippen LogP contribution in [0.15, 0.2) is 35.5 Å². The summed E-state index contributed by atoms with van der Waals surface area (Å²) in [6, 6.07) is 6.08. The summed E-state index contributed by atoms with van der Waals surface area (Å²) < 4.78 is 1.72. The number of hydrogen-bond acceptors (Lipinski definition) is 3. The van der Waals surface area contributed by atoms with Crippen molar-refractivity contribution in [1.82, 2.24) is 9.71 Å². The van der Waals surface area contributed by atoms with E-state index < -0.39 is 0 Å². The Kier molecular flexibility index (Phi) is 2.54. The van der Waals surface area contributed by atoms with Crippen LogP contribution in [0.2, 0.25) is 0 Å². The van der Waals surface area contributed by atoms with Crippen molar-refractivity contribution in [2.45, 2.75) is 6.42 Å². The van der Waals surface area contributed by atoms with Gasteiger partial charge in [0.2, 0.25) is 0 Å². The van der Waals surface area contributed by atoms with E-state index in [1.165, 1.54) is 0 Å². The highest BCUT2D eigenvalue weighted by Gasteiger charge is 2.32. The molecule has 1 aliphatic carbocycles. The molecule has 0 bridgehead atoms. The van der Waals surface area contributed by atoms with Gasteiger partial charge in [0.05, 0.1) is 22.3 Å². The van der Waals surface area contributed by atoms with Crippen LogP contribution >= 0.6 is 0 Å². The number of H-pyrrole nitrogens is 1. The van der Waals surface area contributed by atoms with Crippen molar-refractivity contribution in [3.63, 3.8) is 0 Å². The molecular weight excluding hydrogens is 342 g/mol. The molecule has 0 saturated carbocycles. The highest BCUT2D eigenvalue weighted by molar-refractivity contribution is 6.33. The molecule has 2 aliphatic rings. The molecule has 2 aromatic heterocycles. The SMILES string of the molecule is COn1c2c(c3c4c(c5c(ccc6cc[nH]c65)c31)C=NC4=O)CC(=O)C=C2. The van der Waals surface area contributed by atoms with E-state index in [1.54, 1.807) is 30.2 Å². The molecule has 1 amide bonds.